The van der Waals surface area contributed by atoms with Gasteiger partial charge in [-0.3, -0.25) is 4.79 Å². The van der Waals surface area contributed by atoms with E-state index in [0.717, 1.165) is 21.9 Å². The second kappa shape index (κ2) is 8.15. The normalized spacial score (nSPS) is 10.6. The average Bonchev–Trinajstić information content (AvgIpc) is 3.10. The second-order valence-electron chi connectivity index (χ2n) is 6.33. The molecular weight excluding hydrogens is 344 g/mol. The molecule has 0 unspecified atom stereocenters. The van der Waals surface area contributed by atoms with Gasteiger partial charge < -0.3 is 9.64 Å². The van der Waals surface area contributed by atoms with Crippen LogP contribution in [0.25, 0.3) is 0 Å². The van der Waals surface area contributed by atoms with Crippen LogP contribution in [0.2, 0.25) is 0 Å². The van der Waals surface area contributed by atoms with Crippen molar-refractivity contribution in [1.29, 1.82) is 0 Å². The molecular formula is C21H22N2O2S. The zero-order valence-corrected chi connectivity index (χ0v) is 16.0. The quantitative estimate of drug-likeness (QED) is 0.640. The highest BCUT2D eigenvalue weighted by Crippen LogP contribution is 2.21. The number of carbonyl (C=O) groups excluding carboxylic acids is 1. The van der Waals surface area contributed by atoms with Crippen LogP contribution in [0.1, 0.15) is 32.2 Å². The molecule has 0 fully saturated rings. The zero-order valence-electron chi connectivity index (χ0n) is 15.2. The fourth-order valence-electron chi connectivity index (χ4n) is 2.70. The Bertz CT molecular complexity index is 890. The lowest BCUT2D eigenvalue weighted by molar-refractivity contribution is 0.0779. The molecule has 1 aromatic heterocycles. The minimum atomic E-state index is -0.0807. The fraction of sp³-hybridized carbons (Fsp3) is 0.238. The first-order chi connectivity index (χ1) is 12.5. The number of hydrogen-bond acceptors (Lipinski definition) is 4. The van der Waals surface area contributed by atoms with E-state index in [0.29, 0.717) is 18.8 Å². The number of rotatable bonds is 6. The summed E-state index contributed by atoms with van der Waals surface area (Å²) in [6, 6.07) is 16.0. The maximum atomic E-state index is 12.6. The molecule has 2 aromatic carbocycles. The number of hydrogen-bond donors (Lipinski definition) is 0. The number of amides is 1. The Kier molecular flexibility index (Phi) is 5.68. The maximum absolute atomic E-state index is 12.6. The number of aromatic nitrogens is 1. The molecule has 0 aliphatic rings. The Morgan fingerprint density at radius 1 is 1.15 bits per heavy atom. The third-order valence-corrected chi connectivity index (χ3v) is 4.88. The van der Waals surface area contributed by atoms with Gasteiger partial charge in [0.2, 0.25) is 0 Å². The van der Waals surface area contributed by atoms with Crippen LogP contribution in [0.4, 0.5) is 0 Å². The number of thiazole rings is 1. The Morgan fingerprint density at radius 3 is 2.65 bits per heavy atom. The smallest absolute Gasteiger partial charge is 0.273 e. The monoisotopic (exact) mass is 366 g/mol. The Morgan fingerprint density at radius 2 is 1.92 bits per heavy atom. The van der Waals surface area contributed by atoms with Crippen molar-refractivity contribution in [2.75, 3.05) is 7.05 Å². The number of benzene rings is 2. The molecule has 0 saturated carbocycles. The predicted octanol–water partition coefficient (Wildman–Crippen LogP) is 4.61. The fourth-order valence-corrected chi connectivity index (χ4v) is 3.38. The van der Waals surface area contributed by atoms with Crippen LogP contribution in [-0.4, -0.2) is 22.8 Å². The average molecular weight is 366 g/mol. The molecule has 1 amide bonds. The Labute approximate surface area is 158 Å². The summed E-state index contributed by atoms with van der Waals surface area (Å²) in [7, 11) is 1.79. The van der Waals surface area contributed by atoms with Crippen LogP contribution >= 0.6 is 11.3 Å². The molecule has 0 N–H and O–H groups in total. The summed E-state index contributed by atoms with van der Waals surface area (Å²) >= 11 is 1.45. The van der Waals surface area contributed by atoms with E-state index in [4.69, 9.17) is 4.74 Å². The van der Waals surface area contributed by atoms with Crippen LogP contribution < -0.4 is 4.74 Å². The Balaban J connectivity index is 1.60. The van der Waals surface area contributed by atoms with Crippen molar-refractivity contribution < 1.29 is 9.53 Å². The molecule has 1 heterocycles. The first kappa shape index (κ1) is 18.1. The van der Waals surface area contributed by atoms with Crippen molar-refractivity contribution in [2.45, 2.75) is 27.0 Å². The van der Waals surface area contributed by atoms with E-state index < -0.39 is 0 Å². The van der Waals surface area contributed by atoms with Gasteiger partial charge in [-0.15, -0.1) is 11.3 Å². The highest BCUT2D eigenvalue weighted by Gasteiger charge is 2.16. The number of aryl methyl sites for hydroxylation is 2. The second-order valence-corrected chi connectivity index (χ2v) is 7.27. The molecule has 134 valence electrons. The van der Waals surface area contributed by atoms with Gasteiger partial charge in [-0.2, -0.15) is 0 Å². The highest BCUT2D eigenvalue weighted by molar-refractivity contribution is 7.09. The van der Waals surface area contributed by atoms with E-state index in [2.05, 4.69) is 18.0 Å². The summed E-state index contributed by atoms with van der Waals surface area (Å²) in [6.45, 7) is 5.01. The van der Waals surface area contributed by atoms with Gasteiger partial charge in [0.15, 0.2) is 0 Å². The summed E-state index contributed by atoms with van der Waals surface area (Å²) in [5, 5.41) is 2.59. The van der Waals surface area contributed by atoms with Crippen LogP contribution in [-0.2, 0) is 13.2 Å². The number of nitrogens with zero attached hydrogens (tertiary/aromatic N) is 2. The predicted molar refractivity (Wildman–Crippen MR) is 105 cm³/mol. The minimum absolute atomic E-state index is 0.0807. The first-order valence-corrected chi connectivity index (χ1v) is 9.35. The highest BCUT2D eigenvalue weighted by atomic mass is 32.1. The molecule has 5 heteroatoms. The molecule has 3 aromatic rings. The molecule has 4 nitrogen and oxygen atoms in total. The molecule has 0 saturated heterocycles. The van der Waals surface area contributed by atoms with E-state index in [1.165, 1.54) is 16.9 Å². The van der Waals surface area contributed by atoms with Crippen molar-refractivity contribution in [2.24, 2.45) is 0 Å². The third kappa shape index (κ3) is 4.49. The van der Waals surface area contributed by atoms with Gasteiger partial charge in [-0.05, 0) is 31.0 Å². The molecule has 26 heavy (non-hydrogen) atoms. The lowest BCUT2D eigenvalue weighted by Gasteiger charge is -2.15. The lowest BCUT2D eigenvalue weighted by atomic mass is 10.1. The topological polar surface area (TPSA) is 42.4 Å². The summed E-state index contributed by atoms with van der Waals surface area (Å²) in [4.78, 5) is 18.7. The summed E-state index contributed by atoms with van der Waals surface area (Å²) in [5.74, 6) is 0.766. The van der Waals surface area contributed by atoms with Crippen LogP contribution in [0.5, 0.6) is 5.75 Å². The van der Waals surface area contributed by atoms with Crippen molar-refractivity contribution >= 4 is 17.2 Å². The van der Waals surface area contributed by atoms with Gasteiger partial charge in [0, 0.05) is 19.0 Å². The van der Waals surface area contributed by atoms with E-state index in [9.17, 15) is 4.79 Å². The lowest BCUT2D eigenvalue weighted by Crippen LogP contribution is -2.26. The summed E-state index contributed by atoms with van der Waals surface area (Å²) in [6.07, 6.45) is 0. The number of ether oxygens (including phenoxy) is 1. The zero-order chi connectivity index (χ0) is 18.5. The van der Waals surface area contributed by atoms with E-state index >= 15 is 0 Å². The third-order valence-electron chi connectivity index (χ3n) is 4.06. The SMILES string of the molecule is Cc1ccc(OCc2nc(C(=O)N(C)Cc3ccccc3)cs2)c(C)c1. The van der Waals surface area contributed by atoms with E-state index in [-0.39, 0.29) is 5.91 Å². The van der Waals surface area contributed by atoms with Gasteiger partial charge in [-0.1, -0.05) is 48.0 Å². The van der Waals surface area contributed by atoms with Gasteiger partial charge in [-0.25, -0.2) is 4.98 Å². The van der Waals surface area contributed by atoms with Gasteiger partial charge >= 0.3 is 0 Å². The maximum Gasteiger partial charge on any atom is 0.273 e. The van der Waals surface area contributed by atoms with Crippen LogP contribution in [0, 0.1) is 13.8 Å². The molecule has 0 aliphatic heterocycles. The summed E-state index contributed by atoms with van der Waals surface area (Å²) < 4.78 is 5.85. The van der Waals surface area contributed by atoms with Gasteiger partial charge in [0.05, 0.1) is 0 Å². The molecule has 0 atom stereocenters. The van der Waals surface area contributed by atoms with Crippen LogP contribution in [0.15, 0.2) is 53.9 Å². The molecule has 0 spiro atoms. The number of carbonyl (C=O) groups is 1. The molecule has 3 rings (SSSR count). The first-order valence-electron chi connectivity index (χ1n) is 8.47. The standard InChI is InChI=1S/C21H22N2O2S/c1-15-9-10-19(16(2)11-15)25-13-20-22-18(14-26-20)21(24)23(3)12-17-7-5-4-6-8-17/h4-11,14H,12-13H2,1-3H3. The van der Waals surface area contributed by atoms with E-state index in [1.807, 2.05) is 49.4 Å². The van der Waals surface area contributed by atoms with Crippen molar-refractivity contribution in [3.05, 3.63) is 81.3 Å². The van der Waals surface area contributed by atoms with Crippen molar-refractivity contribution in [3.63, 3.8) is 0 Å². The van der Waals surface area contributed by atoms with Gasteiger partial charge in [0.25, 0.3) is 5.91 Å². The largest absolute Gasteiger partial charge is 0.486 e. The van der Waals surface area contributed by atoms with Crippen molar-refractivity contribution in [3.8, 4) is 5.75 Å². The Hall–Kier alpha value is -2.66. The minimum Gasteiger partial charge on any atom is -0.486 e. The molecule has 0 radical (unpaired) electrons. The van der Waals surface area contributed by atoms with Crippen molar-refractivity contribution in [1.82, 2.24) is 9.88 Å². The summed E-state index contributed by atoms with van der Waals surface area (Å²) in [5.41, 5.74) is 3.86. The molecule has 0 aliphatic carbocycles. The molecule has 0 bridgehead atoms. The van der Waals surface area contributed by atoms with Gasteiger partial charge in [0.1, 0.15) is 23.1 Å². The van der Waals surface area contributed by atoms with Crippen LogP contribution in [0.3, 0.4) is 0 Å². The van der Waals surface area contributed by atoms with E-state index in [1.54, 1.807) is 17.3 Å².